The van der Waals surface area contributed by atoms with Gasteiger partial charge < -0.3 is 4.74 Å². The first-order chi connectivity index (χ1) is 12.5. The van der Waals surface area contributed by atoms with Gasteiger partial charge in [0.1, 0.15) is 5.75 Å². The van der Waals surface area contributed by atoms with Gasteiger partial charge in [-0.05, 0) is 48.4 Å². The number of halogens is 2. The zero-order valence-electron chi connectivity index (χ0n) is 14.0. The summed E-state index contributed by atoms with van der Waals surface area (Å²) in [6.07, 6.45) is 2.33. The second-order valence-corrected chi connectivity index (χ2v) is 7.66. The van der Waals surface area contributed by atoms with Crippen LogP contribution >= 0.6 is 34.5 Å². The molecule has 134 valence electrons. The van der Waals surface area contributed by atoms with E-state index in [0.29, 0.717) is 27.3 Å². The van der Waals surface area contributed by atoms with E-state index in [0.717, 1.165) is 16.0 Å². The molecule has 0 atom stereocenters. The molecule has 0 saturated heterocycles. The van der Waals surface area contributed by atoms with E-state index in [1.807, 2.05) is 37.3 Å². The Hall–Kier alpha value is -2.08. The van der Waals surface area contributed by atoms with Gasteiger partial charge >= 0.3 is 0 Å². The Labute approximate surface area is 165 Å². The lowest BCUT2D eigenvalue weighted by molar-refractivity contribution is -0.118. The Morgan fingerprint density at radius 3 is 2.88 bits per heavy atom. The van der Waals surface area contributed by atoms with Gasteiger partial charge in [-0.2, -0.15) is 0 Å². The standard InChI is InChI=1S/C19H16Cl2N2O2S/c1-12-3-2-4-15(7-12)25-11-18(24)23-19-22-10-16(26-19)9-13-8-14(20)5-6-17(13)21/h2-8,10H,9,11H2,1H3,(H,22,23,24). The maximum Gasteiger partial charge on any atom is 0.264 e. The Balaban J connectivity index is 1.56. The summed E-state index contributed by atoms with van der Waals surface area (Å²) in [5.41, 5.74) is 2.00. The summed E-state index contributed by atoms with van der Waals surface area (Å²) in [4.78, 5) is 17.2. The molecule has 0 aliphatic carbocycles. The van der Waals surface area contributed by atoms with Crippen LogP contribution in [0.1, 0.15) is 16.0 Å². The molecule has 3 aromatic rings. The van der Waals surface area contributed by atoms with E-state index in [4.69, 9.17) is 27.9 Å². The van der Waals surface area contributed by atoms with Gasteiger partial charge in [0.25, 0.3) is 5.91 Å². The number of nitrogens with one attached hydrogen (secondary N) is 1. The normalized spacial score (nSPS) is 10.6. The van der Waals surface area contributed by atoms with Crippen LogP contribution in [-0.4, -0.2) is 17.5 Å². The van der Waals surface area contributed by atoms with Gasteiger partial charge in [-0.15, -0.1) is 11.3 Å². The number of carbonyl (C=O) groups excluding carboxylic acids is 1. The van der Waals surface area contributed by atoms with Crippen LogP contribution in [0.3, 0.4) is 0 Å². The number of aromatic nitrogens is 1. The number of anilines is 1. The minimum Gasteiger partial charge on any atom is -0.484 e. The van der Waals surface area contributed by atoms with E-state index >= 15 is 0 Å². The van der Waals surface area contributed by atoms with Crippen LogP contribution < -0.4 is 10.1 Å². The van der Waals surface area contributed by atoms with Gasteiger partial charge in [-0.1, -0.05) is 35.3 Å². The van der Waals surface area contributed by atoms with Crippen LogP contribution in [0.25, 0.3) is 0 Å². The predicted octanol–water partition coefficient (Wildman–Crippen LogP) is 5.37. The summed E-state index contributed by atoms with van der Waals surface area (Å²) >= 11 is 13.6. The summed E-state index contributed by atoms with van der Waals surface area (Å²) in [7, 11) is 0. The molecule has 0 radical (unpaired) electrons. The van der Waals surface area contributed by atoms with E-state index in [1.165, 1.54) is 11.3 Å². The van der Waals surface area contributed by atoms with E-state index in [9.17, 15) is 4.79 Å². The number of hydrogen-bond acceptors (Lipinski definition) is 4. The number of hydrogen-bond donors (Lipinski definition) is 1. The average Bonchev–Trinajstić information content (AvgIpc) is 3.03. The lowest BCUT2D eigenvalue weighted by atomic mass is 10.1. The summed E-state index contributed by atoms with van der Waals surface area (Å²) < 4.78 is 5.48. The summed E-state index contributed by atoms with van der Waals surface area (Å²) in [6, 6.07) is 12.9. The van der Waals surface area contributed by atoms with Crippen molar-refractivity contribution < 1.29 is 9.53 Å². The van der Waals surface area contributed by atoms with Crippen LogP contribution in [0.15, 0.2) is 48.7 Å². The third kappa shape index (κ3) is 5.21. The molecule has 1 aromatic heterocycles. The summed E-state index contributed by atoms with van der Waals surface area (Å²) in [5.74, 6) is 0.406. The summed E-state index contributed by atoms with van der Waals surface area (Å²) in [5, 5.41) is 4.56. The molecular weight excluding hydrogens is 391 g/mol. The fraction of sp³-hybridized carbons (Fsp3) is 0.158. The molecule has 1 heterocycles. The van der Waals surface area contributed by atoms with Crippen molar-refractivity contribution >= 4 is 45.6 Å². The molecule has 26 heavy (non-hydrogen) atoms. The minimum absolute atomic E-state index is 0.0709. The van der Waals surface area contributed by atoms with Crippen molar-refractivity contribution in [2.24, 2.45) is 0 Å². The second kappa shape index (κ2) is 8.54. The minimum atomic E-state index is -0.256. The molecule has 0 unspecified atom stereocenters. The van der Waals surface area contributed by atoms with Crippen molar-refractivity contribution in [2.75, 3.05) is 11.9 Å². The van der Waals surface area contributed by atoms with Crippen LogP contribution in [0, 0.1) is 6.92 Å². The molecule has 0 bridgehead atoms. The van der Waals surface area contributed by atoms with Gasteiger partial charge in [0.2, 0.25) is 0 Å². The SMILES string of the molecule is Cc1cccc(OCC(=O)Nc2ncc(Cc3cc(Cl)ccc3Cl)s2)c1. The largest absolute Gasteiger partial charge is 0.484 e. The first-order valence-corrected chi connectivity index (χ1v) is 9.45. The lowest BCUT2D eigenvalue weighted by Crippen LogP contribution is -2.19. The Bertz CT molecular complexity index is 927. The van der Waals surface area contributed by atoms with Gasteiger partial charge in [-0.3, -0.25) is 10.1 Å². The number of thiazole rings is 1. The van der Waals surface area contributed by atoms with Gasteiger partial charge in [0.15, 0.2) is 11.7 Å². The first-order valence-electron chi connectivity index (χ1n) is 7.87. The maximum absolute atomic E-state index is 12.0. The molecule has 0 fully saturated rings. The van der Waals surface area contributed by atoms with Crippen molar-refractivity contribution in [3.63, 3.8) is 0 Å². The Morgan fingerprint density at radius 2 is 2.08 bits per heavy atom. The highest BCUT2D eigenvalue weighted by atomic mass is 35.5. The van der Waals surface area contributed by atoms with Crippen LogP contribution in [0.5, 0.6) is 5.75 Å². The predicted molar refractivity (Wildman–Crippen MR) is 107 cm³/mol. The molecule has 2 aromatic carbocycles. The van der Waals surface area contributed by atoms with Gasteiger partial charge in [-0.25, -0.2) is 4.98 Å². The molecule has 0 aliphatic heterocycles. The fourth-order valence-corrected chi connectivity index (χ4v) is 3.55. The van der Waals surface area contributed by atoms with E-state index in [-0.39, 0.29) is 12.5 Å². The number of amides is 1. The van der Waals surface area contributed by atoms with E-state index < -0.39 is 0 Å². The maximum atomic E-state index is 12.0. The summed E-state index contributed by atoms with van der Waals surface area (Å²) in [6.45, 7) is 1.90. The molecule has 1 N–H and O–H groups in total. The topological polar surface area (TPSA) is 51.2 Å². The number of carbonyl (C=O) groups is 1. The van der Waals surface area contributed by atoms with Crippen LogP contribution in [-0.2, 0) is 11.2 Å². The number of aryl methyl sites for hydroxylation is 1. The molecular formula is C19H16Cl2N2O2S. The van der Waals surface area contributed by atoms with Crippen LogP contribution in [0.2, 0.25) is 10.0 Å². The number of ether oxygens (including phenoxy) is 1. The molecule has 7 heteroatoms. The Kier molecular flexibility index (Phi) is 6.14. The molecule has 1 amide bonds. The van der Waals surface area contributed by atoms with Crippen molar-refractivity contribution in [1.29, 1.82) is 0 Å². The molecule has 0 saturated carbocycles. The monoisotopic (exact) mass is 406 g/mol. The molecule has 3 rings (SSSR count). The zero-order chi connectivity index (χ0) is 18.5. The van der Waals surface area contributed by atoms with Crippen molar-refractivity contribution in [1.82, 2.24) is 4.98 Å². The van der Waals surface area contributed by atoms with Gasteiger partial charge in [0.05, 0.1) is 0 Å². The lowest BCUT2D eigenvalue weighted by Gasteiger charge is -2.06. The molecule has 0 spiro atoms. The quantitative estimate of drug-likeness (QED) is 0.598. The fourth-order valence-electron chi connectivity index (χ4n) is 2.32. The van der Waals surface area contributed by atoms with Gasteiger partial charge in [0, 0.05) is 27.5 Å². The highest BCUT2D eigenvalue weighted by molar-refractivity contribution is 7.15. The smallest absolute Gasteiger partial charge is 0.264 e. The van der Waals surface area contributed by atoms with Crippen LogP contribution in [0.4, 0.5) is 5.13 Å². The van der Waals surface area contributed by atoms with Crippen molar-refractivity contribution in [2.45, 2.75) is 13.3 Å². The molecule has 0 aliphatic rings. The highest BCUT2D eigenvalue weighted by Gasteiger charge is 2.10. The van der Waals surface area contributed by atoms with E-state index in [1.54, 1.807) is 18.3 Å². The number of benzene rings is 2. The second-order valence-electron chi connectivity index (χ2n) is 5.70. The number of nitrogens with zero attached hydrogens (tertiary/aromatic N) is 1. The number of rotatable bonds is 6. The van der Waals surface area contributed by atoms with Crippen molar-refractivity contribution in [3.8, 4) is 5.75 Å². The van der Waals surface area contributed by atoms with E-state index in [2.05, 4.69) is 10.3 Å². The zero-order valence-corrected chi connectivity index (χ0v) is 16.3. The third-order valence-corrected chi connectivity index (χ3v) is 5.05. The first kappa shape index (κ1) is 18.7. The highest BCUT2D eigenvalue weighted by Crippen LogP contribution is 2.27. The van der Waals surface area contributed by atoms with Crippen molar-refractivity contribution in [3.05, 3.63) is 74.7 Å². The molecule has 4 nitrogen and oxygen atoms in total. The third-order valence-electron chi connectivity index (χ3n) is 3.53. The Morgan fingerprint density at radius 1 is 1.23 bits per heavy atom. The average molecular weight is 407 g/mol.